The van der Waals surface area contributed by atoms with Crippen molar-refractivity contribution in [3.63, 3.8) is 0 Å². The number of rotatable bonds is 8. The molecule has 0 aliphatic carbocycles. The van der Waals surface area contributed by atoms with Crippen molar-refractivity contribution in [1.29, 1.82) is 0 Å². The zero-order chi connectivity index (χ0) is 18.4. The average molecular weight is 370 g/mol. The number of hydrogen-bond acceptors (Lipinski definition) is 5. The van der Waals surface area contributed by atoms with Crippen LogP contribution in [0.2, 0.25) is 0 Å². The van der Waals surface area contributed by atoms with Gasteiger partial charge in [0.2, 0.25) is 5.91 Å². The number of aryl methyl sites for hydroxylation is 1. The molecule has 0 spiro atoms. The maximum Gasteiger partial charge on any atom is 0.230 e. The Morgan fingerprint density at radius 2 is 2.15 bits per heavy atom. The monoisotopic (exact) mass is 370 g/mol. The molecule has 0 bridgehead atoms. The molecule has 0 fully saturated rings. The van der Waals surface area contributed by atoms with Crippen molar-refractivity contribution >= 4 is 17.7 Å². The molecule has 26 heavy (non-hydrogen) atoms. The summed E-state index contributed by atoms with van der Waals surface area (Å²) in [4.78, 5) is 12.1. The number of hydrogen-bond donors (Lipinski definition) is 1. The Labute approximate surface area is 157 Å². The molecule has 3 rings (SSSR count). The fourth-order valence-electron chi connectivity index (χ4n) is 2.60. The van der Waals surface area contributed by atoms with E-state index in [1.165, 1.54) is 17.3 Å². The number of carbonyl (C=O) groups excluding carboxylic acids is 1. The molecule has 1 amide bonds. The van der Waals surface area contributed by atoms with Gasteiger partial charge in [0, 0.05) is 12.1 Å². The first-order valence-electron chi connectivity index (χ1n) is 8.59. The van der Waals surface area contributed by atoms with Crippen molar-refractivity contribution in [2.75, 3.05) is 5.75 Å². The maximum absolute atomic E-state index is 12.1. The van der Waals surface area contributed by atoms with Crippen LogP contribution in [0.1, 0.15) is 24.7 Å². The third-order valence-corrected chi connectivity index (χ3v) is 4.78. The van der Waals surface area contributed by atoms with E-state index in [0.717, 1.165) is 35.3 Å². The van der Waals surface area contributed by atoms with Crippen LogP contribution in [0.3, 0.4) is 0 Å². The third-order valence-electron chi connectivity index (χ3n) is 3.81. The van der Waals surface area contributed by atoms with Gasteiger partial charge in [0.25, 0.3) is 0 Å². The minimum absolute atomic E-state index is 0.0606. The van der Waals surface area contributed by atoms with Crippen LogP contribution >= 0.6 is 11.8 Å². The highest BCUT2D eigenvalue weighted by Gasteiger charge is 2.15. The Bertz CT molecular complexity index is 858. The molecule has 0 aliphatic heterocycles. The fraction of sp³-hybridized carbons (Fsp3) is 0.316. The van der Waals surface area contributed by atoms with Gasteiger partial charge in [-0.05, 0) is 31.5 Å². The largest absolute Gasteiger partial charge is 0.467 e. The van der Waals surface area contributed by atoms with Gasteiger partial charge in [-0.15, -0.1) is 10.2 Å². The number of furan rings is 1. The third kappa shape index (κ3) is 4.54. The molecule has 3 aromatic rings. The topological polar surface area (TPSA) is 73.0 Å². The lowest BCUT2D eigenvalue weighted by Gasteiger charge is -2.09. The molecule has 0 atom stereocenters. The van der Waals surface area contributed by atoms with Crippen molar-refractivity contribution in [2.24, 2.45) is 0 Å². The SMILES string of the molecule is CCCn1c(SCC(=O)NCc2ccco2)nnc1-c1cccc(C)c1. The van der Waals surface area contributed by atoms with Gasteiger partial charge in [0.1, 0.15) is 5.76 Å². The highest BCUT2D eigenvalue weighted by Crippen LogP contribution is 2.25. The first-order chi connectivity index (χ1) is 12.7. The lowest BCUT2D eigenvalue weighted by molar-refractivity contribution is -0.118. The van der Waals surface area contributed by atoms with Crippen molar-refractivity contribution in [1.82, 2.24) is 20.1 Å². The number of amides is 1. The lowest BCUT2D eigenvalue weighted by Crippen LogP contribution is -2.24. The second-order valence-corrected chi connectivity index (χ2v) is 6.91. The van der Waals surface area contributed by atoms with E-state index in [1.807, 2.05) is 18.2 Å². The zero-order valence-electron chi connectivity index (χ0n) is 14.9. The van der Waals surface area contributed by atoms with Crippen molar-refractivity contribution in [3.8, 4) is 11.4 Å². The average Bonchev–Trinajstić information content (AvgIpc) is 3.28. The molecule has 0 unspecified atom stereocenters. The van der Waals surface area contributed by atoms with Crippen LogP contribution in [-0.2, 0) is 17.9 Å². The molecule has 6 nitrogen and oxygen atoms in total. The Balaban J connectivity index is 1.66. The van der Waals surface area contributed by atoms with Crippen molar-refractivity contribution in [3.05, 3.63) is 54.0 Å². The lowest BCUT2D eigenvalue weighted by atomic mass is 10.1. The molecular formula is C19H22N4O2S. The van der Waals surface area contributed by atoms with E-state index in [4.69, 9.17) is 4.42 Å². The van der Waals surface area contributed by atoms with Gasteiger partial charge >= 0.3 is 0 Å². The van der Waals surface area contributed by atoms with E-state index in [0.29, 0.717) is 6.54 Å². The summed E-state index contributed by atoms with van der Waals surface area (Å²) in [7, 11) is 0. The number of carbonyl (C=O) groups is 1. The van der Waals surface area contributed by atoms with Gasteiger partial charge in [-0.25, -0.2) is 0 Å². The Kier molecular flexibility index (Phi) is 6.12. The minimum Gasteiger partial charge on any atom is -0.467 e. The molecule has 0 saturated carbocycles. The first kappa shape index (κ1) is 18.3. The van der Waals surface area contributed by atoms with Gasteiger partial charge in [-0.1, -0.05) is 42.4 Å². The summed E-state index contributed by atoms with van der Waals surface area (Å²) in [5, 5.41) is 12.3. The van der Waals surface area contributed by atoms with Gasteiger partial charge < -0.3 is 14.3 Å². The molecule has 1 aromatic carbocycles. The van der Waals surface area contributed by atoms with Gasteiger partial charge in [0.05, 0.1) is 18.6 Å². The standard InChI is InChI=1S/C19H22N4O2S/c1-3-9-23-18(15-7-4-6-14(2)11-15)21-22-19(23)26-13-17(24)20-12-16-8-5-10-25-16/h4-8,10-11H,3,9,12-13H2,1-2H3,(H,20,24). The molecule has 2 aromatic heterocycles. The molecule has 7 heteroatoms. The van der Waals surface area contributed by atoms with E-state index in [1.54, 1.807) is 12.3 Å². The number of thioether (sulfide) groups is 1. The quantitative estimate of drug-likeness (QED) is 0.613. The van der Waals surface area contributed by atoms with E-state index in [9.17, 15) is 4.79 Å². The smallest absolute Gasteiger partial charge is 0.230 e. The predicted octanol–water partition coefficient (Wildman–Crippen LogP) is 3.67. The van der Waals surface area contributed by atoms with Crippen molar-refractivity contribution < 1.29 is 9.21 Å². The summed E-state index contributed by atoms with van der Waals surface area (Å²) >= 11 is 1.40. The Morgan fingerprint density at radius 3 is 2.88 bits per heavy atom. The number of aromatic nitrogens is 3. The van der Waals surface area contributed by atoms with Crippen molar-refractivity contribution in [2.45, 2.75) is 38.5 Å². The van der Waals surface area contributed by atoms with E-state index < -0.39 is 0 Å². The van der Waals surface area contributed by atoms with Gasteiger partial charge in [-0.3, -0.25) is 4.79 Å². The van der Waals surface area contributed by atoms with Crippen LogP contribution in [-0.4, -0.2) is 26.4 Å². The summed E-state index contributed by atoms with van der Waals surface area (Å²) in [5.41, 5.74) is 2.22. The Hall–Kier alpha value is -2.54. The minimum atomic E-state index is -0.0606. The highest BCUT2D eigenvalue weighted by molar-refractivity contribution is 7.99. The molecule has 0 aliphatic rings. The molecule has 1 N–H and O–H groups in total. The molecule has 2 heterocycles. The van der Waals surface area contributed by atoms with Crippen LogP contribution in [0.25, 0.3) is 11.4 Å². The molecule has 0 saturated heterocycles. The number of benzene rings is 1. The van der Waals surface area contributed by atoms with E-state index in [-0.39, 0.29) is 11.7 Å². The molecular weight excluding hydrogens is 348 g/mol. The second kappa shape index (κ2) is 8.71. The molecule has 0 radical (unpaired) electrons. The first-order valence-corrected chi connectivity index (χ1v) is 9.58. The Morgan fingerprint density at radius 1 is 1.27 bits per heavy atom. The van der Waals surface area contributed by atoms with Crippen LogP contribution in [0.5, 0.6) is 0 Å². The van der Waals surface area contributed by atoms with Crippen LogP contribution in [0.15, 0.2) is 52.2 Å². The van der Waals surface area contributed by atoms with E-state index >= 15 is 0 Å². The van der Waals surface area contributed by atoms with Crippen LogP contribution in [0.4, 0.5) is 0 Å². The van der Waals surface area contributed by atoms with Crippen LogP contribution < -0.4 is 5.32 Å². The summed E-state index contributed by atoms with van der Waals surface area (Å²) in [6, 6.07) is 11.8. The highest BCUT2D eigenvalue weighted by atomic mass is 32.2. The summed E-state index contributed by atoms with van der Waals surface area (Å²) in [6.45, 7) is 5.38. The summed E-state index contributed by atoms with van der Waals surface area (Å²) in [6.07, 6.45) is 2.56. The van der Waals surface area contributed by atoms with Gasteiger partial charge in [-0.2, -0.15) is 0 Å². The normalized spacial score (nSPS) is 10.8. The predicted molar refractivity (Wildman–Crippen MR) is 102 cm³/mol. The van der Waals surface area contributed by atoms with E-state index in [2.05, 4.69) is 46.1 Å². The fourth-order valence-corrected chi connectivity index (χ4v) is 3.39. The maximum atomic E-state index is 12.1. The second-order valence-electron chi connectivity index (χ2n) is 5.97. The summed E-state index contributed by atoms with van der Waals surface area (Å²) < 4.78 is 7.29. The number of nitrogens with one attached hydrogen (secondary N) is 1. The molecule has 136 valence electrons. The summed E-state index contributed by atoms with van der Waals surface area (Å²) in [5.74, 6) is 1.80. The zero-order valence-corrected chi connectivity index (χ0v) is 15.8. The van der Waals surface area contributed by atoms with Gasteiger partial charge in [0.15, 0.2) is 11.0 Å². The number of nitrogens with zero attached hydrogens (tertiary/aromatic N) is 3. The van der Waals surface area contributed by atoms with Crippen LogP contribution in [0, 0.1) is 6.92 Å².